The summed E-state index contributed by atoms with van der Waals surface area (Å²) in [7, 11) is 0. The molecule has 1 aliphatic rings. The van der Waals surface area contributed by atoms with E-state index in [2.05, 4.69) is 10.6 Å². The first-order valence-electron chi connectivity index (χ1n) is 5.96. The van der Waals surface area contributed by atoms with E-state index in [9.17, 15) is 14.4 Å². The number of amides is 3. The summed E-state index contributed by atoms with van der Waals surface area (Å²) in [6.07, 6.45) is -0.656. The Hall–Kier alpha value is -1.59. The monoisotopic (exact) mass is 256 g/mol. The van der Waals surface area contributed by atoms with Crippen LogP contribution in [0.15, 0.2) is 0 Å². The van der Waals surface area contributed by atoms with Crippen molar-refractivity contribution in [2.45, 2.75) is 46.3 Å². The summed E-state index contributed by atoms with van der Waals surface area (Å²) in [4.78, 5) is 34.7. The van der Waals surface area contributed by atoms with Gasteiger partial charge in [0.05, 0.1) is 0 Å². The molecule has 18 heavy (non-hydrogen) atoms. The molecule has 0 aromatic heterocycles. The molecule has 1 rings (SSSR count). The molecule has 6 heteroatoms. The smallest absolute Gasteiger partial charge is 0.408 e. The SMILES string of the molecule is C[C@@H]1[C@H](NC(=O)OC(C)(C)C)C(=O)NC(=O)[C@@H]1C. The summed E-state index contributed by atoms with van der Waals surface area (Å²) in [6, 6.07) is -0.743. The van der Waals surface area contributed by atoms with E-state index in [1.165, 1.54) is 0 Å². The zero-order valence-electron chi connectivity index (χ0n) is 11.4. The second kappa shape index (κ2) is 4.96. The summed E-state index contributed by atoms with van der Waals surface area (Å²) in [5.41, 5.74) is -0.625. The number of piperidine rings is 1. The normalized spacial score (nSPS) is 28.6. The molecule has 3 amide bonds. The molecule has 0 saturated carbocycles. The maximum absolute atomic E-state index is 11.7. The van der Waals surface area contributed by atoms with Crippen LogP contribution in [0, 0.1) is 11.8 Å². The number of hydrogen-bond acceptors (Lipinski definition) is 4. The van der Waals surface area contributed by atoms with Gasteiger partial charge >= 0.3 is 6.09 Å². The molecule has 0 aromatic carbocycles. The van der Waals surface area contributed by atoms with E-state index in [0.29, 0.717) is 0 Å². The first-order chi connectivity index (χ1) is 8.11. The summed E-state index contributed by atoms with van der Waals surface area (Å²) in [5, 5.41) is 4.73. The third kappa shape index (κ3) is 3.45. The lowest BCUT2D eigenvalue weighted by Crippen LogP contribution is -2.60. The van der Waals surface area contributed by atoms with E-state index in [1.807, 2.05) is 0 Å². The van der Waals surface area contributed by atoms with E-state index in [1.54, 1.807) is 34.6 Å². The van der Waals surface area contributed by atoms with Gasteiger partial charge in [-0.15, -0.1) is 0 Å². The molecule has 1 aliphatic heterocycles. The molecule has 1 heterocycles. The van der Waals surface area contributed by atoms with Crippen LogP contribution in [0.3, 0.4) is 0 Å². The van der Waals surface area contributed by atoms with Crippen LogP contribution in [0.25, 0.3) is 0 Å². The molecule has 0 bridgehead atoms. The molecule has 0 spiro atoms. The first kappa shape index (κ1) is 14.5. The topological polar surface area (TPSA) is 84.5 Å². The van der Waals surface area contributed by atoms with Crippen LogP contribution in [-0.4, -0.2) is 29.6 Å². The first-order valence-corrected chi connectivity index (χ1v) is 5.96. The molecule has 1 fully saturated rings. The number of hydrogen-bond donors (Lipinski definition) is 2. The van der Waals surface area contributed by atoms with Crippen LogP contribution in [0.4, 0.5) is 4.79 Å². The molecule has 2 N–H and O–H groups in total. The Bertz CT molecular complexity index is 373. The van der Waals surface area contributed by atoms with E-state index >= 15 is 0 Å². The highest BCUT2D eigenvalue weighted by molar-refractivity contribution is 6.02. The second-order valence-electron chi connectivity index (χ2n) is 5.63. The van der Waals surface area contributed by atoms with Gasteiger partial charge < -0.3 is 10.1 Å². The summed E-state index contributed by atoms with van der Waals surface area (Å²) >= 11 is 0. The van der Waals surface area contributed by atoms with Crippen molar-refractivity contribution in [3.05, 3.63) is 0 Å². The van der Waals surface area contributed by atoms with Gasteiger partial charge in [0.2, 0.25) is 11.8 Å². The van der Waals surface area contributed by atoms with Crippen LogP contribution in [0.1, 0.15) is 34.6 Å². The van der Waals surface area contributed by atoms with Crippen molar-refractivity contribution in [1.82, 2.24) is 10.6 Å². The Morgan fingerprint density at radius 2 is 1.78 bits per heavy atom. The Balaban J connectivity index is 2.68. The van der Waals surface area contributed by atoms with Crippen LogP contribution in [-0.2, 0) is 14.3 Å². The van der Waals surface area contributed by atoms with Crippen LogP contribution in [0.5, 0.6) is 0 Å². The zero-order valence-corrected chi connectivity index (χ0v) is 11.4. The van der Waals surface area contributed by atoms with Crippen LogP contribution in [0.2, 0.25) is 0 Å². The molecule has 6 nitrogen and oxygen atoms in total. The maximum atomic E-state index is 11.7. The molecule has 0 radical (unpaired) electrons. The van der Waals surface area contributed by atoms with Crippen molar-refractivity contribution in [2.75, 3.05) is 0 Å². The van der Waals surface area contributed by atoms with Gasteiger partial charge in [-0.2, -0.15) is 0 Å². The van der Waals surface area contributed by atoms with Crippen molar-refractivity contribution in [3.63, 3.8) is 0 Å². The zero-order chi connectivity index (χ0) is 14.1. The molecule has 0 aliphatic carbocycles. The average Bonchev–Trinajstić information content (AvgIpc) is 2.19. The Morgan fingerprint density at radius 1 is 1.22 bits per heavy atom. The Labute approximate surface area is 106 Å². The fraction of sp³-hybridized carbons (Fsp3) is 0.750. The number of nitrogens with one attached hydrogen (secondary N) is 2. The lowest BCUT2D eigenvalue weighted by molar-refractivity contribution is -0.140. The summed E-state index contributed by atoms with van der Waals surface area (Å²) < 4.78 is 5.08. The van der Waals surface area contributed by atoms with Gasteiger partial charge in [-0.05, 0) is 26.7 Å². The number of carbonyl (C=O) groups excluding carboxylic acids is 3. The largest absolute Gasteiger partial charge is 0.444 e. The predicted molar refractivity (Wildman–Crippen MR) is 64.6 cm³/mol. The van der Waals surface area contributed by atoms with Crippen molar-refractivity contribution < 1.29 is 19.1 Å². The van der Waals surface area contributed by atoms with Crippen molar-refractivity contribution >= 4 is 17.9 Å². The van der Waals surface area contributed by atoms with Gasteiger partial charge in [0, 0.05) is 5.92 Å². The standard InChI is InChI=1S/C12H20N2O4/c1-6-7(2)9(15)14-10(16)8(6)13-11(17)18-12(3,4)5/h6-8H,1-5H3,(H,13,17)(H,14,15,16)/t6-,7+,8-/m0/s1. The third-order valence-electron chi connectivity index (χ3n) is 2.93. The Morgan fingerprint density at radius 3 is 2.28 bits per heavy atom. The molecular weight excluding hydrogens is 236 g/mol. The molecule has 1 saturated heterocycles. The van der Waals surface area contributed by atoms with Gasteiger partial charge in [-0.25, -0.2) is 4.79 Å². The molecular formula is C12H20N2O4. The fourth-order valence-electron chi connectivity index (χ4n) is 1.71. The highest BCUT2D eigenvalue weighted by Gasteiger charge is 2.40. The highest BCUT2D eigenvalue weighted by atomic mass is 16.6. The van der Waals surface area contributed by atoms with Crippen molar-refractivity contribution in [1.29, 1.82) is 0 Å². The number of rotatable bonds is 1. The summed E-state index contributed by atoms with van der Waals surface area (Å²) in [6.45, 7) is 8.69. The van der Waals surface area contributed by atoms with Crippen LogP contribution >= 0.6 is 0 Å². The minimum atomic E-state index is -0.743. The quantitative estimate of drug-likeness (QED) is 0.680. The molecule has 0 aromatic rings. The van der Waals surface area contributed by atoms with Gasteiger partial charge in [0.15, 0.2) is 0 Å². The van der Waals surface area contributed by atoms with Gasteiger partial charge in [-0.3, -0.25) is 14.9 Å². The lowest BCUT2D eigenvalue weighted by Gasteiger charge is -2.33. The maximum Gasteiger partial charge on any atom is 0.408 e. The van der Waals surface area contributed by atoms with Crippen molar-refractivity contribution in [3.8, 4) is 0 Å². The number of imide groups is 1. The molecule has 0 unspecified atom stereocenters. The third-order valence-corrected chi connectivity index (χ3v) is 2.93. The number of alkyl carbamates (subject to hydrolysis) is 1. The Kier molecular flexibility index (Phi) is 3.98. The minimum absolute atomic E-state index is 0.265. The van der Waals surface area contributed by atoms with Gasteiger partial charge in [0.25, 0.3) is 0 Å². The predicted octanol–water partition coefficient (Wildman–Crippen LogP) is 0.808. The molecule has 102 valence electrons. The van der Waals surface area contributed by atoms with E-state index in [-0.39, 0.29) is 17.7 Å². The molecule has 3 atom stereocenters. The van der Waals surface area contributed by atoms with E-state index in [4.69, 9.17) is 4.74 Å². The fourth-order valence-corrected chi connectivity index (χ4v) is 1.71. The average molecular weight is 256 g/mol. The van der Waals surface area contributed by atoms with Gasteiger partial charge in [0.1, 0.15) is 11.6 Å². The van der Waals surface area contributed by atoms with Gasteiger partial charge in [-0.1, -0.05) is 13.8 Å². The highest BCUT2D eigenvalue weighted by Crippen LogP contribution is 2.20. The minimum Gasteiger partial charge on any atom is -0.444 e. The van der Waals surface area contributed by atoms with E-state index in [0.717, 1.165) is 0 Å². The van der Waals surface area contributed by atoms with Crippen LogP contribution < -0.4 is 10.6 Å². The number of carbonyl (C=O) groups is 3. The number of ether oxygens (including phenoxy) is 1. The van der Waals surface area contributed by atoms with Crippen molar-refractivity contribution in [2.24, 2.45) is 11.8 Å². The van der Waals surface area contributed by atoms with E-state index < -0.39 is 23.6 Å². The lowest BCUT2D eigenvalue weighted by atomic mass is 9.84. The second-order valence-corrected chi connectivity index (χ2v) is 5.63. The summed E-state index contributed by atoms with van der Waals surface area (Å²) in [5.74, 6) is -1.40.